The molecule has 10 heteroatoms. The number of hydrogen-bond acceptors (Lipinski definition) is 8. The summed E-state index contributed by atoms with van der Waals surface area (Å²) in [6.07, 6.45) is 1.39. The van der Waals surface area contributed by atoms with E-state index < -0.39 is 16.8 Å². The van der Waals surface area contributed by atoms with Crippen LogP contribution in [0.2, 0.25) is 0 Å². The molecule has 0 aliphatic carbocycles. The first-order valence-corrected chi connectivity index (χ1v) is 9.53. The van der Waals surface area contributed by atoms with Gasteiger partial charge in [0.05, 0.1) is 30.9 Å². The lowest BCUT2D eigenvalue weighted by Gasteiger charge is -2.08. The van der Waals surface area contributed by atoms with E-state index in [1.54, 1.807) is 36.4 Å². The van der Waals surface area contributed by atoms with Crippen molar-refractivity contribution in [2.75, 3.05) is 14.2 Å². The molecule has 1 N–H and O–H groups in total. The van der Waals surface area contributed by atoms with Gasteiger partial charge in [-0.1, -0.05) is 12.1 Å². The molecule has 0 atom stereocenters. The van der Waals surface area contributed by atoms with E-state index in [0.717, 1.165) is 0 Å². The van der Waals surface area contributed by atoms with E-state index in [2.05, 4.69) is 10.5 Å². The smallest absolute Gasteiger partial charge is 0.343 e. The highest BCUT2D eigenvalue weighted by atomic mass is 16.6. The number of esters is 1. The molecule has 0 aromatic heterocycles. The standard InChI is InChI=1S/C23H19N3O7/c1-31-20-11-8-17(13-21(20)32-2)22(27)25-24-14-15-4-3-5-19(12-15)33-23(28)16-6-9-18(10-7-16)26(29)30/h3-14H,1-2H3,(H,25,27). The molecule has 3 aromatic carbocycles. The second kappa shape index (κ2) is 10.5. The Bertz CT molecular complexity index is 1210. The second-order valence-corrected chi connectivity index (χ2v) is 6.53. The Morgan fingerprint density at radius 2 is 1.64 bits per heavy atom. The number of carbonyl (C=O) groups is 2. The molecule has 0 radical (unpaired) electrons. The molecule has 0 fully saturated rings. The fourth-order valence-corrected chi connectivity index (χ4v) is 2.75. The molecule has 33 heavy (non-hydrogen) atoms. The zero-order valence-corrected chi connectivity index (χ0v) is 17.7. The summed E-state index contributed by atoms with van der Waals surface area (Å²) in [6, 6.07) is 16.3. The van der Waals surface area contributed by atoms with Crippen LogP contribution in [0.1, 0.15) is 26.3 Å². The van der Waals surface area contributed by atoms with Crippen LogP contribution in [0.15, 0.2) is 71.8 Å². The molecular formula is C23H19N3O7. The summed E-state index contributed by atoms with van der Waals surface area (Å²) in [5, 5.41) is 14.6. The van der Waals surface area contributed by atoms with Crippen molar-refractivity contribution in [3.8, 4) is 17.2 Å². The minimum atomic E-state index is -0.666. The third-order valence-electron chi connectivity index (χ3n) is 4.41. The third kappa shape index (κ3) is 5.91. The lowest BCUT2D eigenvalue weighted by atomic mass is 10.2. The number of rotatable bonds is 8. The van der Waals surface area contributed by atoms with Crippen LogP contribution in [0.4, 0.5) is 5.69 Å². The maximum absolute atomic E-state index is 12.3. The number of benzene rings is 3. The Balaban J connectivity index is 1.63. The van der Waals surface area contributed by atoms with Crippen molar-refractivity contribution in [3.05, 3.63) is 93.5 Å². The molecule has 3 rings (SSSR count). The fraction of sp³-hybridized carbons (Fsp3) is 0.0870. The van der Waals surface area contributed by atoms with Crippen LogP contribution in [-0.2, 0) is 0 Å². The minimum Gasteiger partial charge on any atom is -0.493 e. The predicted molar refractivity (Wildman–Crippen MR) is 119 cm³/mol. The average molecular weight is 449 g/mol. The topological polar surface area (TPSA) is 129 Å². The van der Waals surface area contributed by atoms with Crippen LogP contribution in [0, 0.1) is 10.1 Å². The molecule has 0 spiro atoms. The van der Waals surface area contributed by atoms with Crippen LogP contribution < -0.4 is 19.6 Å². The maximum atomic E-state index is 12.3. The second-order valence-electron chi connectivity index (χ2n) is 6.53. The molecule has 0 heterocycles. The van der Waals surface area contributed by atoms with Crippen LogP contribution in [0.25, 0.3) is 0 Å². The van der Waals surface area contributed by atoms with Gasteiger partial charge in [-0.15, -0.1) is 0 Å². The highest BCUT2D eigenvalue weighted by molar-refractivity contribution is 5.95. The van der Waals surface area contributed by atoms with Crippen molar-refractivity contribution in [1.29, 1.82) is 0 Å². The first-order valence-electron chi connectivity index (χ1n) is 9.53. The number of carbonyl (C=O) groups excluding carboxylic acids is 2. The van der Waals surface area contributed by atoms with E-state index in [4.69, 9.17) is 14.2 Å². The highest BCUT2D eigenvalue weighted by Crippen LogP contribution is 2.27. The molecule has 0 aliphatic heterocycles. The number of methoxy groups -OCH3 is 2. The summed E-state index contributed by atoms with van der Waals surface area (Å²) in [5.74, 6) is 0.0385. The van der Waals surface area contributed by atoms with Gasteiger partial charge in [-0.2, -0.15) is 5.10 Å². The van der Waals surface area contributed by atoms with Gasteiger partial charge in [-0.05, 0) is 48.0 Å². The number of ether oxygens (including phenoxy) is 3. The Morgan fingerprint density at radius 1 is 0.939 bits per heavy atom. The monoisotopic (exact) mass is 449 g/mol. The largest absolute Gasteiger partial charge is 0.493 e. The van der Waals surface area contributed by atoms with Crippen molar-refractivity contribution < 1.29 is 28.7 Å². The number of nitro benzene ring substituents is 1. The van der Waals surface area contributed by atoms with E-state index in [1.165, 1.54) is 50.8 Å². The van der Waals surface area contributed by atoms with E-state index in [-0.39, 0.29) is 17.0 Å². The molecule has 3 aromatic rings. The fourth-order valence-electron chi connectivity index (χ4n) is 2.75. The Morgan fingerprint density at radius 3 is 2.30 bits per heavy atom. The van der Waals surface area contributed by atoms with Crippen molar-refractivity contribution >= 4 is 23.8 Å². The molecular weight excluding hydrogens is 430 g/mol. The molecule has 0 unspecified atom stereocenters. The van der Waals surface area contributed by atoms with Gasteiger partial charge in [0.1, 0.15) is 5.75 Å². The average Bonchev–Trinajstić information content (AvgIpc) is 2.83. The van der Waals surface area contributed by atoms with Crippen LogP contribution in [0.3, 0.4) is 0 Å². The lowest BCUT2D eigenvalue weighted by Crippen LogP contribution is -2.17. The van der Waals surface area contributed by atoms with Crippen molar-refractivity contribution in [2.45, 2.75) is 0 Å². The molecule has 0 saturated carbocycles. The molecule has 0 aliphatic rings. The van der Waals surface area contributed by atoms with Gasteiger partial charge in [0.25, 0.3) is 11.6 Å². The lowest BCUT2D eigenvalue weighted by molar-refractivity contribution is -0.384. The number of hydrazone groups is 1. The summed E-state index contributed by atoms with van der Waals surface area (Å²) >= 11 is 0. The van der Waals surface area contributed by atoms with Crippen LogP contribution in [-0.4, -0.2) is 37.2 Å². The van der Waals surface area contributed by atoms with Gasteiger partial charge in [0.2, 0.25) is 0 Å². The third-order valence-corrected chi connectivity index (χ3v) is 4.41. The van der Waals surface area contributed by atoms with Gasteiger partial charge in [0.15, 0.2) is 11.5 Å². The SMILES string of the molecule is COc1ccc(C(=O)NN=Cc2cccc(OC(=O)c3ccc([N+](=O)[O-])cc3)c2)cc1OC. The summed E-state index contributed by atoms with van der Waals surface area (Å²) in [7, 11) is 2.97. The van der Waals surface area contributed by atoms with Gasteiger partial charge in [0, 0.05) is 17.7 Å². The van der Waals surface area contributed by atoms with Crippen molar-refractivity contribution in [1.82, 2.24) is 5.43 Å². The first-order chi connectivity index (χ1) is 15.9. The predicted octanol–water partition coefficient (Wildman–Crippen LogP) is 3.60. The quantitative estimate of drug-likeness (QED) is 0.183. The number of hydrogen-bond donors (Lipinski definition) is 1. The molecule has 1 amide bonds. The number of nitrogens with one attached hydrogen (secondary N) is 1. The number of non-ortho nitro benzene ring substituents is 1. The van der Waals surface area contributed by atoms with Crippen molar-refractivity contribution in [2.24, 2.45) is 5.10 Å². The zero-order chi connectivity index (χ0) is 23.8. The van der Waals surface area contributed by atoms with Crippen LogP contribution >= 0.6 is 0 Å². The Kier molecular flexibility index (Phi) is 7.32. The number of amides is 1. The Labute approximate surface area is 188 Å². The Hall–Kier alpha value is -4.73. The molecule has 10 nitrogen and oxygen atoms in total. The van der Waals surface area contributed by atoms with Crippen molar-refractivity contribution in [3.63, 3.8) is 0 Å². The van der Waals surface area contributed by atoms with E-state index in [1.807, 2.05) is 0 Å². The summed E-state index contributed by atoms with van der Waals surface area (Å²) < 4.78 is 15.6. The van der Waals surface area contributed by atoms with Gasteiger partial charge in [-0.3, -0.25) is 14.9 Å². The normalized spacial score (nSPS) is 10.5. The molecule has 168 valence electrons. The summed E-state index contributed by atoms with van der Waals surface area (Å²) in [4.78, 5) is 34.7. The van der Waals surface area contributed by atoms with E-state index in [0.29, 0.717) is 22.6 Å². The number of nitro groups is 1. The van der Waals surface area contributed by atoms with Gasteiger partial charge < -0.3 is 14.2 Å². The molecule has 0 saturated heterocycles. The van der Waals surface area contributed by atoms with E-state index >= 15 is 0 Å². The summed E-state index contributed by atoms with van der Waals surface area (Å²) in [5.41, 5.74) is 3.35. The maximum Gasteiger partial charge on any atom is 0.343 e. The number of nitrogens with zero attached hydrogens (tertiary/aromatic N) is 2. The summed E-state index contributed by atoms with van der Waals surface area (Å²) in [6.45, 7) is 0. The highest BCUT2D eigenvalue weighted by Gasteiger charge is 2.12. The van der Waals surface area contributed by atoms with Gasteiger partial charge >= 0.3 is 5.97 Å². The van der Waals surface area contributed by atoms with Crippen LogP contribution in [0.5, 0.6) is 17.2 Å². The molecule has 0 bridgehead atoms. The minimum absolute atomic E-state index is 0.125. The first kappa shape index (κ1) is 22.9. The van der Waals surface area contributed by atoms with Gasteiger partial charge in [-0.25, -0.2) is 10.2 Å². The zero-order valence-electron chi connectivity index (χ0n) is 17.7. The van der Waals surface area contributed by atoms with E-state index in [9.17, 15) is 19.7 Å².